The SMILES string of the molecule is NCCn1c(=O)[nH]c2cc(Cl)ccc21. The molecule has 1 heterocycles. The van der Waals surface area contributed by atoms with E-state index in [1.165, 1.54) is 0 Å². The minimum absolute atomic E-state index is 0.146. The molecule has 3 N–H and O–H groups in total. The molecule has 74 valence electrons. The minimum atomic E-state index is -0.146. The monoisotopic (exact) mass is 211 g/mol. The zero-order valence-corrected chi connectivity index (χ0v) is 8.21. The van der Waals surface area contributed by atoms with Gasteiger partial charge in [0.1, 0.15) is 0 Å². The van der Waals surface area contributed by atoms with Crippen LogP contribution in [0.2, 0.25) is 5.02 Å². The second kappa shape index (κ2) is 3.48. The summed E-state index contributed by atoms with van der Waals surface area (Å²) in [6.45, 7) is 0.954. The number of H-pyrrole nitrogens is 1. The number of nitrogens with zero attached hydrogens (tertiary/aromatic N) is 1. The Morgan fingerprint density at radius 3 is 3.00 bits per heavy atom. The van der Waals surface area contributed by atoms with E-state index in [4.69, 9.17) is 17.3 Å². The van der Waals surface area contributed by atoms with Crippen LogP contribution in [0, 0.1) is 0 Å². The molecule has 0 spiro atoms. The van der Waals surface area contributed by atoms with Gasteiger partial charge in [0.2, 0.25) is 0 Å². The van der Waals surface area contributed by atoms with Gasteiger partial charge < -0.3 is 10.7 Å². The molecule has 1 aromatic carbocycles. The van der Waals surface area contributed by atoms with Crippen LogP contribution in [0.1, 0.15) is 0 Å². The van der Waals surface area contributed by atoms with Crippen LogP contribution in [0.15, 0.2) is 23.0 Å². The maximum atomic E-state index is 11.4. The third-order valence-corrected chi connectivity index (χ3v) is 2.32. The topological polar surface area (TPSA) is 63.8 Å². The van der Waals surface area contributed by atoms with Gasteiger partial charge in [0, 0.05) is 18.1 Å². The quantitative estimate of drug-likeness (QED) is 0.777. The second-order valence-corrected chi connectivity index (χ2v) is 3.47. The van der Waals surface area contributed by atoms with Crippen molar-refractivity contribution in [1.29, 1.82) is 0 Å². The minimum Gasteiger partial charge on any atom is -0.329 e. The Balaban J connectivity index is 2.71. The van der Waals surface area contributed by atoms with E-state index < -0.39 is 0 Å². The Bertz CT molecular complexity index is 514. The van der Waals surface area contributed by atoms with E-state index in [1.807, 2.05) is 6.07 Å². The summed E-state index contributed by atoms with van der Waals surface area (Å²) in [7, 11) is 0. The van der Waals surface area contributed by atoms with Crippen molar-refractivity contribution in [2.24, 2.45) is 5.73 Å². The summed E-state index contributed by atoms with van der Waals surface area (Å²) in [6.07, 6.45) is 0. The molecule has 2 aromatic rings. The van der Waals surface area contributed by atoms with Crippen LogP contribution < -0.4 is 11.4 Å². The number of aromatic amines is 1. The third kappa shape index (κ3) is 1.42. The van der Waals surface area contributed by atoms with Crippen molar-refractivity contribution < 1.29 is 0 Å². The van der Waals surface area contributed by atoms with Crippen molar-refractivity contribution in [2.75, 3.05) is 6.54 Å². The highest BCUT2D eigenvalue weighted by atomic mass is 35.5. The van der Waals surface area contributed by atoms with Gasteiger partial charge in [-0.15, -0.1) is 0 Å². The molecule has 0 aliphatic rings. The molecule has 14 heavy (non-hydrogen) atoms. The smallest absolute Gasteiger partial charge is 0.326 e. The number of imidazole rings is 1. The first-order chi connectivity index (χ1) is 6.72. The molecule has 0 amide bonds. The fourth-order valence-electron chi connectivity index (χ4n) is 1.49. The molecule has 4 nitrogen and oxygen atoms in total. The Hall–Kier alpha value is -1.26. The van der Waals surface area contributed by atoms with Gasteiger partial charge in [0.15, 0.2) is 0 Å². The fourth-order valence-corrected chi connectivity index (χ4v) is 1.66. The molecular weight excluding hydrogens is 202 g/mol. The van der Waals surface area contributed by atoms with Crippen LogP contribution in [0.25, 0.3) is 11.0 Å². The Morgan fingerprint density at radius 1 is 1.50 bits per heavy atom. The molecule has 5 heteroatoms. The van der Waals surface area contributed by atoms with Gasteiger partial charge in [-0.2, -0.15) is 0 Å². The van der Waals surface area contributed by atoms with E-state index >= 15 is 0 Å². The average molecular weight is 212 g/mol. The molecule has 0 saturated heterocycles. The zero-order valence-electron chi connectivity index (χ0n) is 7.46. The van der Waals surface area contributed by atoms with Gasteiger partial charge in [0.05, 0.1) is 11.0 Å². The molecule has 0 fully saturated rings. The molecule has 1 aromatic heterocycles. The lowest BCUT2D eigenvalue weighted by Crippen LogP contribution is -2.21. The van der Waals surface area contributed by atoms with Gasteiger partial charge in [-0.05, 0) is 18.2 Å². The highest BCUT2D eigenvalue weighted by Gasteiger charge is 2.05. The van der Waals surface area contributed by atoms with Crippen LogP contribution in [-0.2, 0) is 6.54 Å². The van der Waals surface area contributed by atoms with Crippen molar-refractivity contribution in [3.05, 3.63) is 33.7 Å². The molecule has 0 aliphatic heterocycles. The van der Waals surface area contributed by atoms with Gasteiger partial charge in [-0.3, -0.25) is 4.57 Å². The number of nitrogens with one attached hydrogen (secondary N) is 1. The van der Waals surface area contributed by atoms with Crippen LogP contribution in [0.4, 0.5) is 0 Å². The molecule has 0 unspecified atom stereocenters. The first-order valence-corrected chi connectivity index (χ1v) is 4.68. The number of nitrogens with two attached hydrogens (primary N) is 1. The van der Waals surface area contributed by atoms with Crippen molar-refractivity contribution in [3.63, 3.8) is 0 Å². The van der Waals surface area contributed by atoms with Crippen LogP contribution >= 0.6 is 11.6 Å². The number of benzene rings is 1. The zero-order chi connectivity index (χ0) is 10.1. The van der Waals surface area contributed by atoms with E-state index in [0.717, 1.165) is 11.0 Å². The molecule has 0 radical (unpaired) electrons. The van der Waals surface area contributed by atoms with Crippen molar-refractivity contribution in [3.8, 4) is 0 Å². The standard InChI is InChI=1S/C9H10ClN3O/c10-6-1-2-8-7(5-6)12-9(14)13(8)4-3-11/h1-2,5H,3-4,11H2,(H,12,14). The lowest BCUT2D eigenvalue weighted by atomic mass is 10.3. The number of halogens is 1. The molecule has 0 aliphatic carbocycles. The van der Waals surface area contributed by atoms with E-state index in [1.54, 1.807) is 16.7 Å². The molecular formula is C9H10ClN3O. The maximum Gasteiger partial charge on any atom is 0.326 e. The van der Waals surface area contributed by atoms with E-state index in [-0.39, 0.29) is 5.69 Å². The van der Waals surface area contributed by atoms with E-state index in [2.05, 4.69) is 4.98 Å². The summed E-state index contributed by atoms with van der Waals surface area (Å²) in [4.78, 5) is 14.2. The maximum absolute atomic E-state index is 11.4. The number of aromatic nitrogens is 2. The summed E-state index contributed by atoms with van der Waals surface area (Å²) >= 11 is 5.80. The van der Waals surface area contributed by atoms with Crippen molar-refractivity contribution in [1.82, 2.24) is 9.55 Å². The Morgan fingerprint density at radius 2 is 2.29 bits per heavy atom. The lowest BCUT2D eigenvalue weighted by molar-refractivity contribution is 0.703. The van der Waals surface area contributed by atoms with E-state index in [9.17, 15) is 4.79 Å². The largest absolute Gasteiger partial charge is 0.329 e. The predicted octanol–water partition coefficient (Wildman–Crippen LogP) is 0.942. The number of hydrogen-bond acceptors (Lipinski definition) is 2. The average Bonchev–Trinajstić information content (AvgIpc) is 2.43. The van der Waals surface area contributed by atoms with Crippen molar-refractivity contribution in [2.45, 2.75) is 6.54 Å². The fraction of sp³-hybridized carbons (Fsp3) is 0.222. The molecule has 0 atom stereocenters. The van der Waals surface area contributed by atoms with Gasteiger partial charge >= 0.3 is 5.69 Å². The van der Waals surface area contributed by atoms with Crippen LogP contribution in [0.3, 0.4) is 0 Å². The van der Waals surface area contributed by atoms with Crippen LogP contribution in [0.5, 0.6) is 0 Å². The number of hydrogen-bond donors (Lipinski definition) is 2. The summed E-state index contributed by atoms with van der Waals surface area (Å²) < 4.78 is 1.60. The number of fused-ring (bicyclic) bond motifs is 1. The summed E-state index contributed by atoms with van der Waals surface area (Å²) in [5, 5.41) is 0.610. The highest BCUT2D eigenvalue weighted by molar-refractivity contribution is 6.31. The number of rotatable bonds is 2. The predicted molar refractivity (Wildman–Crippen MR) is 56.6 cm³/mol. The van der Waals surface area contributed by atoms with Crippen molar-refractivity contribution >= 4 is 22.6 Å². The molecule has 0 bridgehead atoms. The highest BCUT2D eigenvalue weighted by Crippen LogP contribution is 2.15. The normalized spacial score (nSPS) is 11.0. The lowest BCUT2D eigenvalue weighted by Gasteiger charge is -1.99. The van der Waals surface area contributed by atoms with Crippen LogP contribution in [-0.4, -0.2) is 16.1 Å². The Kier molecular flexibility index (Phi) is 2.31. The molecule has 0 saturated carbocycles. The van der Waals surface area contributed by atoms with Gasteiger partial charge in [-0.1, -0.05) is 11.6 Å². The summed E-state index contributed by atoms with van der Waals surface area (Å²) in [5.41, 5.74) is 6.85. The third-order valence-electron chi connectivity index (χ3n) is 2.09. The summed E-state index contributed by atoms with van der Waals surface area (Å²) in [5.74, 6) is 0. The van der Waals surface area contributed by atoms with E-state index in [0.29, 0.717) is 18.1 Å². The van der Waals surface area contributed by atoms with Gasteiger partial charge in [0.25, 0.3) is 0 Å². The molecule has 2 rings (SSSR count). The van der Waals surface area contributed by atoms with Gasteiger partial charge in [-0.25, -0.2) is 4.79 Å². The Labute approximate surface area is 85.3 Å². The summed E-state index contributed by atoms with van der Waals surface area (Å²) in [6, 6.07) is 5.29. The first kappa shape index (κ1) is 9.30. The second-order valence-electron chi connectivity index (χ2n) is 3.03. The first-order valence-electron chi connectivity index (χ1n) is 4.30.